The number of hydrogen-bond acceptors (Lipinski definition) is 4. The molecule has 4 rings (SSSR count). The second kappa shape index (κ2) is 5.98. The smallest absolute Gasteiger partial charge is 0.160 e. The summed E-state index contributed by atoms with van der Waals surface area (Å²) in [6, 6.07) is 17.9. The van der Waals surface area contributed by atoms with Crippen LogP contribution in [0.1, 0.15) is 10.6 Å². The first-order chi connectivity index (χ1) is 11.7. The van der Waals surface area contributed by atoms with Crippen LogP contribution in [0.15, 0.2) is 54.6 Å². The molecule has 0 aliphatic rings. The Hall–Kier alpha value is -2.85. The Bertz CT molecular complexity index is 1070. The summed E-state index contributed by atoms with van der Waals surface area (Å²) in [6.07, 6.45) is 3.92. The summed E-state index contributed by atoms with van der Waals surface area (Å²) in [5.74, 6) is 0.605. The molecule has 0 aliphatic carbocycles. The molecule has 1 aromatic heterocycles. The Morgan fingerprint density at radius 3 is 2.75 bits per heavy atom. The van der Waals surface area contributed by atoms with E-state index >= 15 is 0 Å². The zero-order valence-corrected chi connectivity index (χ0v) is 13.9. The summed E-state index contributed by atoms with van der Waals surface area (Å²) in [5.41, 5.74) is 1.94. The van der Waals surface area contributed by atoms with Crippen LogP contribution in [0.5, 0.6) is 11.5 Å². The molecule has 3 aromatic carbocycles. The van der Waals surface area contributed by atoms with Crippen LogP contribution in [-0.4, -0.2) is 17.2 Å². The van der Waals surface area contributed by atoms with Gasteiger partial charge in [-0.15, -0.1) is 11.3 Å². The van der Waals surface area contributed by atoms with Crippen LogP contribution in [0.25, 0.3) is 33.1 Å². The van der Waals surface area contributed by atoms with Gasteiger partial charge < -0.3 is 9.84 Å². The zero-order valence-electron chi connectivity index (χ0n) is 13.1. The van der Waals surface area contributed by atoms with Gasteiger partial charge in [-0.2, -0.15) is 0 Å². The van der Waals surface area contributed by atoms with Crippen molar-refractivity contribution in [1.29, 1.82) is 0 Å². The molecule has 0 saturated heterocycles. The maximum Gasteiger partial charge on any atom is 0.160 e. The molecule has 0 amide bonds. The molecule has 0 aliphatic heterocycles. The van der Waals surface area contributed by atoms with Crippen molar-refractivity contribution in [3.8, 4) is 11.5 Å². The molecule has 3 nitrogen and oxygen atoms in total. The summed E-state index contributed by atoms with van der Waals surface area (Å²) >= 11 is 1.66. The van der Waals surface area contributed by atoms with Gasteiger partial charge in [0.1, 0.15) is 5.01 Å². The minimum atomic E-state index is 0.134. The van der Waals surface area contributed by atoms with Gasteiger partial charge in [0.25, 0.3) is 0 Å². The summed E-state index contributed by atoms with van der Waals surface area (Å²) in [6.45, 7) is 0. The number of hydrogen-bond donors (Lipinski definition) is 1. The highest BCUT2D eigenvalue weighted by atomic mass is 32.1. The Morgan fingerprint density at radius 1 is 1.04 bits per heavy atom. The molecule has 0 fully saturated rings. The van der Waals surface area contributed by atoms with E-state index in [9.17, 15) is 5.11 Å². The van der Waals surface area contributed by atoms with Gasteiger partial charge in [0.2, 0.25) is 0 Å². The van der Waals surface area contributed by atoms with Crippen LogP contribution in [0, 0.1) is 0 Å². The fraction of sp³-hybridized carbons (Fsp3) is 0.0500. The van der Waals surface area contributed by atoms with Gasteiger partial charge in [-0.3, -0.25) is 0 Å². The molecule has 0 saturated carbocycles. The first kappa shape index (κ1) is 14.7. The molecule has 0 unspecified atom stereocenters. The Morgan fingerprint density at radius 2 is 1.92 bits per heavy atom. The van der Waals surface area contributed by atoms with Gasteiger partial charge in [-0.25, -0.2) is 4.98 Å². The lowest BCUT2D eigenvalue weighted by Gasteiger charge is -2.02. The van der Waals surface area contributed by atoms with Crippen molar-refractivity contribution in [1.82, 2.24) is 4.98 Å². The third-order valence-electron chi connectivity index (χ3n) is 3.92. The van der Waals surface area contributed by atoms with E-state index in [0.717, 1.165) is 16.1 Å². The molecule has 0 bridgehead atoms. The minimum absolute atomic E-state index is 0.134. The first-order valence-electron chi connectivity index (χ1n) is 7.58. The molecule has 4 aromatic rings. The van der Waals surface area contributed by atoms with E-state index in [4.69, 9.17) is 9.72 Å². The van der Waals surface area contributed by atoms with Gasteiger partial charge in [-0.05, 0) is 35.2 Å². The lowest BCUT2D eigenvalue weighted by molar-refractivity contribution is 0.373. The van der Waals surface area contributed by atoms with E-state index in [1.807, 2.05) is 30.4 Å². The van der Waals surface area contributed by atoms with E-state index in [2.05, 4.69) is 24.3 Å². The van der Waals surface area contributed by atoms with Gasteiger partial charge in [0.05, 0.1) is 17.3 Å². The molecule has 0 atom stereocenters. The van der Waals surface area contributed by atoms with Crippen molar-refractivity contribution in [3.05, 3.63) is 65.2 Å². The molecular weight excluding hydrogens is 318 g/mol. The van der Waals surface area contributed by atoms with Gasteiger partial charge in [0.15, 0.2) is 11.5 Å². The predicted molar refractivity (Wildman–Crippen MR) is 101 cm³/mol. The highest BCUT2D eigenvalue weighted by Crippen LogP contribution is 2.31. The normalized spacial score (nSPS) is 11.5. The fourth-order valence-corrected chi connectivity index (χ4v) is 3.61. The number of nitrogens with zero attached hydrogens (tertiary/aromatic N) is 1. The van der Waals surface area contributed by atoms with E-state index in [1.54, 1.807) is 23.5 Å². The molecule has 4 heteroatoms. The van der Waals surface area contributed by atoms with Crippen LogP contribution in [0.3, 0.4) is 0 Å². The van der Waals surface area contributed by atoms with Crippen molar-refractivity contribution in [2.24, 2.45) is 0 Å². The number of fused-ring (bicyclic) bond motifs is 3. The Kier molecular flexibility index (Phi) is 3.67. The van der Waals surface area contributed by atoms with Crippen LogP contribution < -0.4 is 4.74 Å². The molecule has 0 radical (unpaired) electrons. The van der Waals surface area contributed by atoms with Gasteiger partial charge >= 0.3 is 0 Å². The maximum absolute atomic E-state index is 9.85. The average molecular weight is 333 g/mol. The van der Waals surface area contributed by atoms with Crippen LogP contribution >= 0.6 is 11.3 Å². The molecular formula is C20H15NO2S. The Labute approximate surface area is 143 Å². The van der Waals surface area contributed by atoms with Gasteiger partial charge in [-0.1, -0.05) is 42.5 Å². The monoisotopic (exact) mass is 333 g/mol. The topological polar surface area (TPSA) is 42.4 Å². The van der Waals surface area contributed by atoms with Crippen LogP contribution in [0.4, 0.5) is 0 Å². The van der Waals surface area contributed by atoms with Gasteiger partial charge in [0, 0.05) is 5.39 Å². The summed E-state index contributed by atoms with van der Waals surface area (Å²) < 4.78 is 6.23. The summed E-state index contributed by atoms with van der Waals surface area (Å²) in [4.78, 5) is 4.76. The zero-order chi connectivity index (χ0) is 16.5. The second-order valence-corrected chi connectivity index (χ2v) is 6.51. The number of benzene rings is 3. The number of thiazole rings is 1. The predicted octanol–water partition coefficient (Wildman–Crippen LogP) is 5.33. The number of methoxy groups -OCH3 is 1. The lowest BCUT2D eigenvalue weighted by Crippen LogP contribution is -1.83. The van der Waals surface area contributed by atoms with Crippen LogP contribution in [0.2, 0.25) is 0 Å². The molecule has 118 valence electrons. The summed E-state index contributed by atoms with van der Waals surface area (Å²) in [7, 11) is 1.54. The molecule has 0 spiro atoms. The highest BCUT2D eigenvalue weighted by Gasteiger charge is 2.06. The van der Waals surface area contributed by atoms with Crippen molar-refractivity contribution in [2.45, 2.75) is 0 Å². The van der Waals surface area contributed by atoms with E-state index in [0.29, 0.717) is 5.75 Å². The molecule has 1 N–H and O–H groups in total. The minimum Gasteiger partial charge on any atom is -0.504 e. The fourth-order valence-electron chi connectivity index (χ4n) is 2.73. The third-order valence-corrected chi connectivity index (χ3v) is 4.91. The first-order valence-corrected chi connectivity index (χ1v) is 8.39. The second-order valence-electron chi connectivity index (χ2n) is 5.45. The number of phenolic OH excluding ortho intramolecular Hbond substituents is 1. The maximum atomic E-state index is 9.85. The summed E-state index contributed by atoms with van der Waals surface area (Å²) in [5, 5.41) is 13.2. The van der Waals surface area contributed by atoms with Crippen LogP contribution in [-0.2, 0) is 0 Å². The van der Waals surface area contributed by atoms with E-state index < -0.39 is 0 Å². The van der Waals surface area contributed by atoms with Crippen molar-refractivity contribution >= 4 is 44.5 Å². The standard InChI is InChI=1S/C20H15NO2S/c1-23-17-9-6-13(12-16(17)22)7-11-19-21-20-15-5-3-2-4-14(15)8-10-18(20)24-19/h2-12,22H,1H3/b11-7+. The Balaban J connectivity index is 1.72. The number of aromatic hydroxyl groups is 1. The quantitative estimate of drug-likeness (QED) is 0.551. The largest absolute Gasteiger partial charge is 0.504 e. The van der Waals surface area contributed by atoms with Crippen molar-refractivity contribution in [3.63, 3.8) is 0 Å². The number of rotatable bonds is 3. The SMILES string of the molecule is COc1ccc(/C=C/c2nc3c(ccc4ccccc43)s2)cc1O. The van der Waals surface area contributed by atoms with E-state index in [1.165, 1.54) is 22.6 Å². The number of aromatic nitrogens is 1. The van der Waals surface area contributed by atoms with E-state index in [-0.39, 0.29) is 5.75 Å². The lowest BCUT2D eigenvalue weighted by atomic mass is 10.1. The van der Waals surface area contributed by atoms with Crippen molar-refractivity contribution in [2.75, 3.05) is 7.11 Å². The highest BCUT2D eigenvalue weighted by molar-refractivity contribution is 7.19. The third kappa shape index (κ3) is 2.61. The number of phenols is 1. The number of ether oxygens (including phenoxy) is 1. The van der Waals surface area contributed by atoms with Crippen molar-refractivity contribution < 1.29 is 9.84 Å². The molecule has 24 heavy (non-hydrogen) atoms. The molecule has 1 heterocycles. The average Bonchev–Trinajstić information content (AvgIpc) is 3.04.